The van der Waals surface area contributed by atoms with Crippen molar-refractivity contribution in [3.05, 3.63) is 17.2 Å². The number of nitrogens with zero attached hydrogens (tertiary/aromatic N) is 5. The fraction of sp³-hybridized carbons (Fsp3) is 0.737. The molecule has 1 saturated heterocycles. The van der Waals surface area contributed by atoms with E-state index in [2.05, 4.69) is 16.8 Å². The highest BCUT2D eigenvalue weighted by molar-refractivity contribution is 5.97. The summed E-state index contributed by atoms with van der Waals surface area (Å²) in [6.45, 7) is 12.5. The standard InChI is InChI=1S/C19H31N5O2/c1-4-21-11-13-23(14-12-21)19(26)17-20-16(18(25)22(5-2)6-3)15-9-7-8-10-24(15)17/h4-14H2,1-3H3. The van der Waals surface area contributed by atoms with E-state index in [0.29, 0.717) is 24.6 Å². The fourth-order valence-electron chi connectivity index (χ4n) is 3.95. The van der Waals surface area contributed by atoms with E-state index >= 15 is 0 Å². The van der Waals surface area contributed by atoms with Gasteiger partial charge in [-0.05, 0) is 39.7 Å². The molecule has 2 aliphatic heterocycles. The van der Waals surface area contributed by atoms with E-state index in [0.717, 1.165) is 64.2 Å². The molecule has 1 aromatic rings. The van der Waals surface area contributed by atoms with Gasteiger partial charge < -0.3 is 19.3 Å². The van der Waals surface area contributed by atoms with Crippen molar-refractivity contribution in [1.29, 1.82) is 0 Å². The van der Waals surface area contributed by atoms with Crippen molar-refractivity contribution in [2.75, 3.05) is 45.8 Å². The molecule has 0 N–H and O–H groups in total. The summed E-state index contributed by atoms with van der Waals surface area (Å²) >= 11 is 0. The monoisotopic (exact) mass is 361 g/mol. The normalized spacial score (nSPS) is 17.9. The van der Waals surface area contributed by atoms with Crippen LogP contribution < -0.4 is 0 Å². The molecule has 2 aliphatic rings. The molecule has 0 radical (unpaired) electrons. The van der Waals surface area contributed by atoms with Gasteiger partial charge in [0.15, 0.2) is 5.82 Å². The van der Waals surface area contributed by atoms with Crippen molar-refractivity contribution in [2.45, 2.75) is 46.6 Å². The molecular formula is C19H31N5O2. The predicted octanol–water partition coefficient (Wildman–Crippen LogP) is 1.48. The van der Waals surface area contributed by atoms with E-state index < -0.39 is 0 Å². The molecule has 0 atom stereocenters. The van der Waals surface area contributed by atoms with Gasteiger partial charge in [-0.15, -0.1) is 0 Å². The van der Waals surface area contributed by atoms with Crippen LogP contribution in [-0.2, 0) is 13.0 Å². The number of rotatable bonds is 5. The first-order valence-electron chi connectivity index (χ1n) is 10.0. The van der Waals surface area contributed by atoms with Crippen LogP contribution in [0.15, 0.2) is 0 Å². The summed E-state index contributed by atoms with van der Waals surface area (Å²) in [6.07, 6.45) is 2.91. The molecule has 0 saturated carbocycles. The Morgan fingerprint density at radius 2 is 1.69 bits per heavy atom. The lowest BCUT2D eigenvalue weighted by atomic mass is 10.1. The Morgan fingerprint density at radius 3 is 2.31 bits per heavy atom. The molecule has 26 heavy (non-hydrogen) atoms. The first-order chi connectivity index (χ1) is 12.6. The van der Waals surface area contributed by atoms with E-state index in [1.165, 1.54) is 0 Å². The highest BCUT2D eigenvalue weighted by Crippen LogP contribution is 2.23. The largest absolute Gasteiger partial charge is 0.338 e. The van der Waals surface area contributed by atoms with Crippen LogP contribution in [0.4, 0.5) is 0 Å². The summed E-state index contributed by atoms with van der Waals surface area (Å²) < 4.78 is 2.01. The number of aromatic nitrogens is 2. The van der Waals surface area contributed by atoms with Gasteiger partial charge in [-0.3, -0.25) is 9.59 Å². The number of hydrogen-bond donors (Lipinski definition) is 0. The van der Waals surface area contributed by atoms with Crippen molar-refractivity contribution in [3.63, 3.8) is 0 Å². The molecule has 7 heteroatoms. The zero-order valence-corrected chi connectivity index (χ0v) is 16.3. The number of carbonyl (C=O) groups excluding carboxylic acids is 2. The maximum atomic E-state index is 13.1. The molecule has 0 bridgehead atoms. The highest BCUT2D eigenvalue weighted by Gasteiger charge is 2.32. The first kappa shape index (κ1) is 18.9. The van der Waals surface area contributed by atoms with Gasteiger partial charge in [0, 0.05) is 45.8 Å². The minimum atomic E-state index is -0.0458. The van der Waals surface area contributed by atoms with Crippen molar-refractivity contribution >= 4 is 11.8 Å². The molecular weight excluding hydrogens is 330 g/mol. The zero-order chi connectivity index (χ0) is 18.7. The van der Waals surface area contributed by atoms with Crippen LogP contribution in [0.25, 0.3) is 0 Å². The second-order valence-electron chi connectivity index (χ2n) is 7.04. The van der Waals surface area contributed by atoms with Gasteiger partial charge >= 0.3 is 0 Å². The molecule has 0 aliphatic carbocycles. The summed E-state index contributed by atoms with van der Waals surface area (Å²) in [4.78, 5) is 36.6. The third kappa shape index (κ3) is 3.49. The Hall–Kier alpha value is -1.89. The maximum absolute atomic E-state index is 13.1. The summed E-state index contributed by atoms with van der Waals surface area (Å²) in [7, 11) is 0. The molecule has 7 nitrogen and oxygen atoms in total. The first-order valence-corrected chi connectivity index (χ1v) is 10.0. The highest BCUT2D eigenvalue weighted by atomic mass is 16.2. The predicted molar refractivity (Wildman–Crippen MR) is 100 cm³/mol. The van der Waals surface area contributed by atoms with Gasteiger partial charge in [-0.1, -0.05) is 6.92 Å². The fourth-order valence-corrected chi connectivity index (χ4v) is 3.95. The number of likely N-dealkylation sites (N-methyl/N-ethyl adjacent to an activating group) is 1. The molecule has 144 valence electrons. The van der Waals surface area contributed by atoms with Crippen molar-refractivity contribution in [1.82, 2.24) is 24.3 Å². The average molecular weight is 361 g/mol. The maximum Gasteiger partial charge on any atom is 0.289 e. The molecule has 3 heterocycles. The van der Waals surface area contributed by atoms with Gasteiger partial charge in [0.1, 0.15) is 5.69 Å². The van der Waals surface area contributed by atoms with E-state index in [1.54, 1.807) is 4.90 Å². The molecule has 0 unspecified atom stereocenters. The summed E-state index contributed by atoms with van der Waals surface area (Å²) in [5, 5.41) is 0. The quantitative estimate of drug-likeness (QED) is 0.797. The summed E-state index contributed by atoms with van der Waals surface area (Å²) in [6, 6.07) is 0. The topological polar surface area (TPSA) is 61.7 Å². The Morgan fingerprint density at radius 1 is 1.00 bits per heavy atom. The van der Waals surface area contributed by atoms with Crippen molar-refractivity contribution < 1.29 is 9.59 Å². The van der Waals surface area contributed by atoms with E-state index in [4.69, 9.17) is 0 Å². The lowest BCUT2D eigenvalue weighted by molar-refractivity contribution is 0.0625. The molecule has 2 amide bonds. The average Bonchev–Trinajstić information content (AvgIpc) is 3.08. The van der Waals surface area contributed by atoms with E-state index in [9.17, 15) is 9.59 Å². The van der Waals surface area contributed by atoms with E-state index in [1.807, 2.05) is 23.3 Å². The molecule has 1 fully saturated rings. The van der Waals surface area contributed by atoms with Crippen LogP contribution in [0.1, 0.15) is 60.4 Å². The van der Waals surface area contributed by atoms with Crippen LogP contribution in [0.3, 0.4) is 0 Å². The third-order valence-electron chi connectivity index (χ3n) is 5.67. The Kier molecular flexibility index (Phi) is 5.96. The molecule has 1 aromatic heterocycles. The van der Waals surface area contributed by atoms with Crippen molar-refractivity contribution in [2.24, 2.45) is 0 Å². The van der Waals surface area contributed by atoms with Crippen LogP contribution >= 0.6 is 0 Å². The van der Waals surface area contributed by atoms with Gasteiger partial charge in [0.25, 0.3) is 11.8 Å². The van der Waals surface area contributed by atoms with Gasteiger partial charge in [0.2, 0.25) is 0 Å². The lowest BCUT2D eigenvalue weighted by Crippen LogP contribution is -2.49. The Balaban J connectivity index is 1.88. The lowest BCUT2D eigenvalue weighted by Gasteiger charge is -2.34. The minimum Gasteiger partial charge on any atom is -0.338 e. The Labute approximate surface area is 156 Å². The van der Waals surface area contributed by atoms with Gasteiger partial charge in [-0.25, -0.2) is 4.98 Å². The van der Waals surface area contributed by atoms with Crippen LogP contribution in [-0.4, -0.2) is 81.9 Å². The second-order valence-corrected chi connectivity index (χ2v) is 7.04. The Bertz CT molecular complexity index is 657. The molecule has 0 spiro atoms. The van der Waals surface area contributed by atoms with E-state index in [-0.39, 0.29) is 11.8 Å². The number of amides is 2. The minimum absolute atomic E-state index is 0.0255. The second kappa shape index (κ2) is 8.20. The van der Waals surface area contributed by atoms with Gasteiger partial charge in [0.05, 0.1) is 5.69 Å². The number of carbonyl (C=O) groups is 2. The number of piperazine rings is 1. The van der Waals surface area contributed by atoms with Crippen molar-refractivity contribution in [3.8, 4) is 0 Å². The number of hydrogen-bond acceptors (Lipinski definition) is 4. The van der Waals surface area contributed by atoms with Crippen LogP contribution in [0.5, 0.6) is 0 Å². The number of imidazole rings is 1. The summed E-state index contributed by atoms with van der Waals surface area (Å²) in [5.74, 6) is 0.387. The SMILES string of the molecule is CCN1CCN(C(=O)c2nc(C(=O)N(CC)CC)c3n2CCCC3)CC1. The zero-order valence-electron chi connectivity index (χ0n) is 16.3. The van der Waals surface area contributed by atoms with Gasteiger partial charge in [-0.2, -0.15) is 0 Å². The molecule has 0 aromatic carbocycles. The van der Waals surface area contributed by atoms with Crippen LogP contribution in [0, 0.1) is 0 Å². The summed E-state index contributed by atoms with van der Waals surface area (Å²) in [5.41, 5.74) is 1.44. The van der Waals surface area contributed by atoms with Crippen LogP contribution in [0.2, 0.25) is 0 Å². The molecule has 3 rings (SSSR count). The smallest absolute Gasteiger partial charge is 0.289 e. The number of fused-ring (bicyclic) bond motifs is 1. The third-order valence-corrected chi connectivity index (χ3v) is 5.67.